The molecule has 0 atom stereocenters. The Bertz CT molecular complexity index is 243. The van der Waals surface area contributed by atoms with E-state index in [9.17, 15) is 4.79 Å². The zero-order valence-corrected chi connectivity index (χ0v) is 14.7. The van der Waals surface area contributed by atoms with Crippen LogP contribution in [0.15, 0.2) is 0 Å². The van der Waals surface area contributed by atoms with Crippen LogP contribution in [0.3, 0.4) is 0 Å². The first-order chi connectivity index (χ1) is 9.58. The molecule has 0 rings (SSSR count). The molecule has 0 heterocycles. The van der Waals surface area contributed by atoms with Crippen LogP contribution in [0, 0.1) is 0 Å². The predicted molar refractivity (Wildman–Crippen MR) is 89.8 cm³/mol. The third-order valence-corrected chi connectivity index (χ3v) is 4.72. The third kappa shape index (κ3) is 10.8. The molecule has 0 radical (unpaired) electrons. The third-order valence-electron chi connectivity index (χ3n) is 3.54. The van der Waals surface area contributed by atoms with Crippen molar-refractivity contribution in [1.82, 2.24) is 5.32 Å². The number of unbranched alkanes of at least 4 members (excludes halogenated alkanes) is 8. The van der Waals surface area contributed by atoms with Gasteiger partial charge in [0.25, 0.3) is 0 Å². The number of rotatable bonds is 13. The van der Waals surface area contributed by atoms with Crippen molar-refractivity contribution in [3.05, 3.63) is 0 Å². The largest absolute Gasteiger partial charge is 0.349 e. The lowest BCUT2D eigenvalue weighted by Crippen LogP contribution is -2.49. The summed E-state index contributed by atoms with van der Waals surface area (Å²) in [6.07, 6.45) is 11.9. The molecule has 4 heteroatoms. The van der Waals surface area contributed by atoms with E-state index in [0.29, 0.717) is 18.2 Å². The molecule has 20 heavy (non-hydrogen) atoms. The van der Waals surface area contributed by atoms with Gasteiger partial charge in [0.15, 0.2) is 0 Å². The van der Waals surface area contributed by atoms with Gasteiger partial charge in [0.1, 0.15) is 0 Å². The van der Waals surface area contributed by atoms with Gasteiger partial charge in [-0.15, -0.1) is 23.2 Å². The summed E-state index contributed by atoms with van der Waals surface area (Å²) in [5.74, 6) is 0.761. The molecule has 0 saturated heterocycles. The fourth-order valence-electron chi connectivity index (χ4n) is 2.10. The average Bonchev–Trinajstić information content (AvgIpc) is 2.45. The molecule has 0 bridgehead atoms. The van der Waals surface area contributed by atoms with Crippen LogP contribution < -0.4 is 5.32 Å². The molecule has 0 aromatic heterocycles. The highest BCUT2D eigenvalue weighted by molar-refractivity contribution is 6.22. The van der Waals surface area contributed by atoms with Gasteiger partial charge >= 0.3 is 0 Å². The fraction of sp³-hybridized carbons (Fsp3) is 0.938. The number of amides is 1. The first-order valence-corrected chi connectivity index (χ1v) is 9.08. The lowest BCUT2D eigenvalue weighted by Gasteiger charge is -2.25. The molecule has 0 aromatic rings. The number of hydrogen-bond acceptors (Lipinski definition) is 1. The summed E-state index contributed by atoms with van der Waals surface area (Å²) < 4.78 is 0. The Morgan fingerprint density at radius 3 is 1.80 bits per heavy atom. The van der Waals surface area contributed by atoms with E-state index in [2.05, 4.69) is 12.2 Å². The smallest absolute Gasteiger partial charge is 0.220 e. The minimum Gasteiger partial charge on any atom is -0.349 e. The Kier molecular flexibility index (Phi) is 12.8. The summed E-state index contributed by atoms with van der Waals surface area (Å²) in [4.78, 5) is 11.8. The van der Waals surface area contributed by atoms with Crippen LogP contribution in [-0.4, -0.2) is 23.2 Å². The number of carbonyl (C=O) groups excluding carboxylic acids is 1. The molecular formula is C16H31Cl2NO. The van der Waals surface area contributed by atoms with Gasteiger partial charge in [-0.2, -0.15) is 0 Å². The van der Waals surface area contributed by atoms with Crippen molar-refractivity contribution in [2.24, 2.45) is 0 Å². The highest BCUT2D eigenvalue weighted by atomic mass is 35.5. The first-order valence-electron chi connectivity index (χ1n) is 8.01. The summed E-state index contributed by atoms with van der Waals surface area (Å²) in [6, 6.07) is 0. The van der Waals surface area contributed by atoms with Gasteiger partial charge in [0.05, 0.1) is 5.54 Å². The zero-order valence-electron chi connectivity index (χ0n) is 13.1. The second-order valence-corrected chi connectivity index (χ2v) is 6.49. The van der Waals surface area contributed by atoms with Crippen LogP contribution in [-0.2, 0) is 4.79 Å². The number of carbonyl (C=O) groups is 1. The molecule has 1 amide bonds. The van der Waals surface area contributed by atoms with Crippen LogP contribution in [0.2, 0.25) is 0 Å². The van der Waals surface area contributed by atoms with Crippen LogP contribution in [0.25, 0.3) is 0 Å². The van der Waals surface area contributed by atoms with E-state index in [1.165, 1.54) is 44.9 Å². The van der Waals surface area contributed by atoms with Gasteiger partial charge in [0, 0.05) is 18.2 Å². The standard InChI is InChI=1S/C16H31Cl2NO/c1-3-4-5-6-7-8-9-10-11-12-15(20)19-16(2,13-17)14-18/h3-14H2,1-2H3,(H,19,20). The molecule has 0 fully saturated rings. The van der Waals surface area contributed by atoms with E-state index >= 15 is 0 Å². The second kappa shape index (κ2) is 12.8. The molecule has 0 unspecified atom stereocenters. The molecule has 0 aliphatic carbocycles. The van der Waals surface area contributed by atoms with E-state index in [-0.39, 0.29) is 5.91 Å². The van der Waals surface area contributed by atoms with E-state index < -0.39 is 5.54 Å². The molecule has 0 aliphatic heterocycles. The lowest BCUT2D eigenvalue weighted by molar-refractivity contribution is -0.122. The highest BCUT2D eigenvalue weighted by Crippen LogP contribution is 2.12. The van der Waals surface area contributed by atoms with Crippen molar-refractivity contribution in [3.8, 4) is 0 Å². The quantitative estimate of drug-likeness (QED) is 0.363. The lowest BCUT2D eigenvalue weighted by atomic mass is 10.1. The molecule has 0 aromatic carbocycles. The van der Waals surface area contributed by atoms with Gasteiger partial charge in [-0.05, 0) is 13.3 Å². The number of halogens is 2. The normalized spacial score (nSPS) is 11.6. The van der Waals surface area contributed by atoms with Crippen molar-refractivity contribution in [1.29, 1.82) is 0 Å². The molecule has 1 N–H and O–H groups in total. The van der Waals surface area contributed by atoms with Crippen LogP contribution in [0.5, 0.6) is 0 Å². The van der Waals surface area contributed by atoms with Gasteiger partial charge in [-0.25, -0.2) is 0 Å². The summed E-state index contributed by atoms with van der Waals surface area (Å²) >= 11 is 11.6. The molecule has 0 spiro atoms. The maximum Gasteiger partial charge on any atom is 0.220 e. The Labute approximate surface area is 135 Å². The zero-order chi connectivity index (χ0) is 15.3. The predicted octanol–water partition coefficient (Wildman–Crippen LogP) is 5.26. The van der Waals surface area contributed by atoms with Crippen LogP contribution in [0.1, 0.15) is 78.1 Å². The molecular weight excluding hydrogens is 293 g/mol. The minimum atomic E-state index is -0.473. The maximum absolute atomic E-state index is 11.8. The molecule has 0 aliphatic rings. The molecule has 2 nitrogen and oxygen atoms in total. The van der Waals surface area contributed by atoms with Gasteiger partial charge in [-0.3, -0.25) is 4.79 Å². The van der Waals surface area contributed by atoms with Crippen molar-refractivity contribution >= 4 is 29.1 Å². The first kappa shape index (κ1) is 20.1. The summed E-state index contributed by atoms with van der Waals surface area (Å²) in [5, 5.41) is 2.92. The summed E-state index contributed by atoms with van der Waals surface area (Å²) in [6.45, 7) is 4.12. The van der Waals surface area contributed by atoms with Crippen molar-refractivity contribution < 1.29 is 4.79 Å². The topological polar surface area (TPSA) is 29.1 Å². The van der Waals surface area contributed by atoms with Crippen LogP contribution >= 0.6 is 23.2 Å². The fourth-order valence-corrected chi connectivity index (χ4v) is 2.52. The Balaban J connectivity index is 3.44. The van der Waals surface area contributed by atoms with E-state index in [1.807, 2.05) is 6.92 Å². The van der Waals surface area contributed by atoms with Crippen molar-refractivity contribution in [2.45, 2.75) is 83.6 Å². The second-order valence-electron chi connectivity index (χ2n) is 5.95. The number of nitrogens with one attached hydrogen (secondary N) is 1. The SMILES string of the molecule is CCCCCCCCCCCC(=O)NC(C)(CCl)CCl. The van der Waals surface area contributed by atoms with E-state index in [1.54, 1.807) is 0 Å². The van der Waals surface area contributed by atoms with E-state index in [0.717, 1.165) is 12.8 Å². The summed E-state index contributed by atoms with van der Waals surface area (Å²) in [5.41, 5.74) is -0.473. The van der Waals surface area contributed by atoms with E-state index in [4.69, 9.17) is 23.2 Å². The van der Waals surface area contributed by atoms with Crippen LogP contribution in [0.4, 0.5) is 0 Å². The Morgan fingerprint density at radius 2 is 1.35 bits per heavy atom. The maximum atomic E-state index is 11.8. The minimum absolute atomic E-state index is 0.0664. The average molecular weight is 324 g/mol. The Hall–Kier alpha value is 0.0500. The van der Waals surface area contributed by atoms with Gasteiger partial charge in [-0.1, -0.05) is 58.3 Å². The monoisotopic (exact) mass is 323 g/mol. The number of hydrogen-bond donors (Lipinski definition) is 1. The van der Waals surface area contributed by atoms with Crippen molar-refractivity contribution in [3.63, 3.8) is 0 Å². The summed E-state index contributed by atoms with van der Waals surface area (Å²) in [7, 11) is 0. The van der Waals surface area contributed by atoms with Gasteiger partial charge < -0.3 is 5.32 Å². The van der Waals surface area contributed by atoms with Crippen molar-refractivity contribution in [2.75, 3.05) is 11.8 Å². The molecule has 0 saturated carbocycles. The highest BCUT2D eigenvalue weighted by Gasteiger charge is 2.23. The number of alkyl halides is 2. The Morgan fingerprint density at radius 1 is 0.900 bits per heavy atom. The van der Waals surface area contributed by atoms with Gasteiger partial charge in [0.2, 0.25) is 5.91 Å². The molecule has 120 valence electrons.